The quantitative estimate of drug-likeness (QED) is 0.742. The highest BCUT2D eigenvalue weighted by Gasteiger charge is 2.23. The van der Waals surface area contributed by atoms with Gasteiger partial charge in [-0.2, -0.15) is 0 Å². The monoisotopic (exact) mass is 347 g/mol. The van der Waals surface area contributed by atoms with Crippen molar-refractivity contribution in [2.75, 3.05) is 5.32 Å². The van der Waals surface area contributed by atoms with Crippen molar-refractivity contribution in [3.63, 3.8) is 0 Å². The van der Waals surface area contributed by atoms with Crippen molar-refractivity contribution in [3.05, 3.63) is 72.4 Å². The molecule has 7 nitrogen and oxygen atoms in total. The van der Waals surface area contributed by atoms with Crippen LogP contribution >= 0.6 is 0 Å². The number of carbonyl (C=O) groups is 2. The average Bonchev–Trinajstić information content (AvgIpc) is 3.31. The molecule has 0 radical (unpaired) electrons. The first-order valence-corrected chi connectivity index (χ1v) is 8.36. The number of aromatic nitrogens is 3. The summed E-state index contributed by atoms with van der Waals surface area (Å²) in [6.45, 7) is 0. The Labute approximate surface area is 150 Å². The number of rotatable bonds is 5. The Balaban J connectivity index is 1.45. The summed E-state index contributed by atoms with van der Waals surface area (Å²) in [4.78, 5) is 32.8. The fourth-order valence-corrected chi connectivity index (χ4v) is 2.51. The van der Waals surface area contributed by atoms with Crippen molar-refractivity contribution in [1.82, 2.24) is 19.9 Å². The molecule has 0 bridgehead atoms. The minimum absolute atomic E-state index is 0.116. The van der Waals surface area contributed by atoms with Crippen LogP contribution in [0.3, 0.4) is 0 Å². The summed E-state index contributed by atoms with van der Waals surface area (Å²) in [6.07, 6.45) is 8.65. The van der Waals surface area contributed by atoms with Crippen LogP contribution in [0.2, 0.25) is 0 Å². The molecule has 1 saturated carbocycles. The second-order valence-electron chi connectivity index (χ2n) is 6.16. The molecule has 2 aromatic heterocycles. The van der Waals surface area contributed by atoms with E-state index < -0.39 is 0 Å². The predicted molar refractivity (Wildman–Crippen MR) is 96.2 cm³/mol. The van der Waals surface area contributed by atoms with Gasteiger partial charge in [-0.15, -0.1) is 0 Å². The van der Waals surface area contributed by atoms with Gasteiger partial charge in [0.2, 0.25) is 0 Å². The highest BCUT2D eigenvalue weighted by molar-refractivity contribution is 6.05. The van der Waals surface area contributed by atoms with Crippen LogP contribution < -0.4 is 10.6 Å². The van der Waals surface area contributed by atoms with Crippen molar-refractivity contribution >= 4 is 17.5 Å². The predicted octanol–water partition coefficient (Wildman–Crippen LogP) is 2.41. The topological polar surface area (TPSA) is 88.9 Å². The van der Waals surface area contributed by atoms with Gasteiger partial charge >= 0.3 is 0 Å². The Morgan fingerprint density at radius 3 is 2.65 bits per heavy atom. The Hall–Kier alpha value is -3.48. The molecule has 4 rings (SSSR count). The zero-order valence-electron chi connectivity index (χ0n) is 13.9. The van der Waals surface area contributed by atoms with Gasteiger partial charge in [0.05, 0.1) is 5.56 Å². The van der Waals surface area contributed by atoms with Gasteiger partial charge < -0.3 is 10.6 Å². The molecule has 0 saturated heterocycles. The van der Waals surface area contributed by atoms with Gasteiger partial charge in [0.15, 0.2) is 0 Å². The van der Waals surface area contributed by atoms with Crippen LogP contribution in [0.4, 0.5) is 5.69 Å². The van der Waals surface area contributed by atoms with Crippen LogP contribution in [-0.4, -0.2) is 32.4 Å². The lowest BCUT2D eigenvalue weighted by atomic mass is 10.1. The molecule has 0 spiro atoms. The first kappa shape index (κ1) is 16.0. The van der Waals surface area contributed by atoms with Gasteiger partial charge in [-0.25, -0.2) is 9.97 Å². The Morgan fingerprint density at radius 1 is 1.08 bits per heavy atom. The van der Waals surface area contributed by atoms with Gasteiger partial charge in [-0.1, -0.05) is 6.07 Å². The van der Waals surface area contributed by atoms with E-state index in [1.165, 1.54) is 6.20 Å². The summed E-state index contributed by atoms with van der Waals surface area (Å²) in [5, 5.41) is 5.73. The summed E-state index contributed by atoms with van der Waals surface area (Å²) in [6, 6.07) is 10.6. The van der Waals surface area contributed by atoms with Crippen LogP contribution in [-0.2, 0) is 0 Å². The average molecular weight is 347 g/mol. The number of pyridine rings is 1. The van der Waals surface area contributed by atoms with Gasteiger partial charge in [0, 0.05) is 35.9 Å². The van der Waals surface area contributed by atoms with Gasteiger partial charge in [0.25, 0.3) is 11.8 Å². The molecule has 1 fully saturated rings. The lowest BCUT2D eigenvalue weighted by Gasteiger charge is -2.08. The summed E-state index contributed by atoms with van der Waals surface area (Å²) in [5.41, 5.74) is 1.53. The van der Waals surface area contributed by atoms with E-state index in [1.54, 1.807) is 59.7 Å². The molecule has 0 atom stereocenters. The van der Waals surface area contributed by atoms with E-state index in [9.17, 15) is 9.59 Å². The minimum Gasteiger partial charge on any atom is -0.349 e. The SMILES string of the molecule is O=C(Nc1cccc(C(=O)NC2CC2)c1)c1ccc(-n2ccnc2)nc1. The molecule has 26 heavy (non-hydrogen) atoms. The van der Waals surface area contributed by atoms with E-state index in [1.807, 2.05) is 0 Å². The number of nitrogens with zero attached hydrogens (tertiary/aromatic N) is 3. The molecule has 130 valence electrons. The summed E-state index contributed by atoms with van der Waals surface area (Å²) in [5.74, 6) is 0.280. The Bertz CT molecular complexity index is 931. The van der Waals surface area contributed by atoms with E-state index in [4.69, 9.17) is 0 Å². The van der Waals surface area contributed by atoms with Gasteiger partial charge in [-0.05, 0) is 43.2 Å². The fraction of sp³-hybridized carbons (Fsp3) is 0.158. The molecule has 2 heterocycles. The summed E-state index contributed by atoms with van der Waals surface area (Å²) in [7, 11) is 0. The first-order chi connectivity index (χ1) is 12.7. The molecular formula is C19H17N5O2. The number of nitrogens with one attached hydrogen (secondary N) is 2. The van der Waals surface area contributed by atoms with Crippen LogP contribution in [0.15, 0.2) is 61.3 Å². The van der Waals surface area contributed by atoms with Crippen molar-refractivity contribution < 1.29 is 9.59 Å². The van der Waals surface area contributed by atoms with Gasteiger partial charge in [-0.3, -0.25) is 14.2 Å². The lowest BCUT2D eigenvalue weighted by Crippen LogP contribution is -2.25. The van der Waals surface area contributed by atoms with Crippen LogP contribution in [0.1, 0.15) is 33.6 Å². The standard InChI is InChI=1S/C19H17N5O2/c25-18(22-15-5-6-15)13-2-1-3-16(10-13)23-19(26)14-4-7-17(21-11-14)24-9-8-20-12-24/h1-4,7-12,15H,5-6H2,(H,22,25)(H,23,26). The Kier molecular flexibility index (Phi) is 4.18. The molecule has 7 heteroatoms. The highest BCUT2D eigenvalue weighted by Crippen LogP contribution is 2.20. The van der Waals surface area contributed by atoms with Crippen molar-refractivity contribution in [3.8, 4) is 5.82 Å². The molecule has 1 aliphatic rings. The van der Waals surface area contributed by atoms with E-state index in [2.05, 4.69) is 20.6 Å². The maximum absolute atomic E-state index is 12.4. The normalized spacial score (nSPS) is 13.2. The molecular weight excluding hydrogens is 330 g/mol. The number of benzene rings is 1. The molecule has 1 aromatic carbocycles. The lowest BCUT2D eigenvalue weighted by molar-refractivity contribution is 0.0949. The molecule has 0 unspecified atom stereocenters. The smallest absolute Gasteiger partial charge is 0.257 e. The van der Waals surface area contributed by atoms with Gasteiger partial charge in [0.1, 0.15) is 12.1 Å². The van der Waals surface area contributed by atoms with Crippen molar-refractivity contribution in [2.24, 2.45) is 0 Å². The minimum atomic E-state index is -0.283. The molecule has 2 amide bonds. The van der Waals surface area contributed by atoms with Crippen LogP contribution in [0.5, 0.6) is 0 Å². The second-order valence-corrected chi connectivity index (χ2v) is 6.16. The number of imidazole rings is 1. The number of hydrogen-bond donors (Lipinski definition) is 2. The molecule has 0 aliphatic heterocycles. The van der Waals surface area contributed by atoms with Crippen LogP contribution in [0, 0.1) is 0 Å². The molecule has 3 aromatic rings. The fourth-order valence-electron chi connectivity index (χ4n) is 2.51. The molecule has 2 N–H and O–H groups in total. The summed E-state index contributed by atoms with van der Waals surface area (Å²) < 4.78 is 1.75. The number of anilines is 1. The van der Waals surface area contributed by atoms with E-state index >= 15 is 0 Å². The zero-order chi connectivity index (χ0) is 17.9. The maximum atomic E-state index is 12.4. The third-order valence-corrected chi connectivity index (χ3v) is 4.07. The third kappa shape index (κ3) is 3.61. The third-order valence-electron chi connectivity index (χ3n) is 4.07. The zero-order valence-corrected chi connectivity index (χ0v) is 13.9. The largest absolute Gasteiger partial charge is 0.349 e. The number of carbonyl (C=O) groups excluding carboxylic acids is 2. The number of amides is 2. The van der Waals surface area contributed by atoms with E-state index in [-0.39, 0.29) is 11.8 Å². The second kappa shape index (κ2) is 6.79. The maximum Gasteiger partial charge on any atom is 0.257 e. The first-order valence-electron chi connectivity index (χ1n) is 8.36. The van der Waals surface area contributed by atoms with Crippen molar-refractivity contribution in [2.45, 2.75) is 18.9 Å². The van der Waals surface area contributed by atoms with Crippen molar-refractivity contribution in [1.29, 1.82) is 0 Å². The van der Waals surface area contributed by atoms with E-state index in [0.29, 0.717) is 28.7 Å². The molecule has 1 aliphatic carbocycles. The highest BCUT2D eigenvalue weighted by atomic mass is 16.2. The van der Waals surface area contributed by atoms with Crippen LogP contribution in [0.25, 0.3) is 5.82 Å². The Morgan fingerprint density at radius 2 is 1.96 bits per heavy atom. The summed E-state index contributed by atoms with van der Waals surface area (Å²) >= 11 is 0. The number of hydrogen-bond acceptors (Lipinski definition) is 4. The van der Waals surface area contributed by atoms with E-state index in [0.717, 1.165) is 12.8 Å².